The van der Waals surface area contributed by atoms with Gasteiger partial charge in [-0.15, -0.1) is 0 Å². The topological polar surface area (TPSA) is 211 Å². The van der Waals surface area contributed by atoms with Crippen LogP contribution in [0.3, 0.4) is 0 Å². The molecule has 6 saturated heterocycles. The van der Waals surface area contributed by atoms with Gasteiger partial charge in [-0.2, -0.15) is 0 Å². The van der Waals surface area contributed by atoms with Crippen molar-refractivity contribution in [3.8, 4) is 11.5 Å². The minimum atomic E-state index is -1.36. The Morgan fingerprint density at radius 1 is 0.556 bits per heavy atom. The number of methoxy groups -OCH3 is 2. The lowest BCUT2D eigenvalue weighted by Gasteiger charge is -2.51. The van der Waals surface area contributed by atoms with Crippen LogP contribution in [0.5, 0.6) is 11.5 Å². The summed E-state index contributed by atoms with van der Waals surface area (Å²) in [5, 5.41) is 23.5. The molecule has 6 aliphatic heterocycles. The fraction of sp³-hybridized carbons (Fsp3) is 0.508. The molecule has 0 radical (unpaired) electrons. The number of non-ortho nitro benzene ring substituents is 1. The zero-order valence-electron chi connectivity index (χ0n) is 45.9. The average Bonchev–Trinajstić information content (AvgIpc) is 4.07. The van der Waals surface area contributed by atoms with E-state index in [1.165, 1.54) is 12.1 Å². The normalized spacial score (nSPS) is 33.4. The van der Waals surface area contributed by atoms with Gasteiger partial charge in [0.05, 0.1) is 51.7 Å². The molecule has 0 bridgehead atoms. The van der Waals surface area contributed by atoms with Crippen molar-refractivity contribution in [2.45, 2.75) is 164 Å². The fourth-order valence-electron chi connectivity index (χ4n) is 11.2. The van der Waals surface area contributed by atoms with Crippen molar-refractivity contribution in [2.75, 3.05) is 34.0 Å². The first-order valence-electron chi connectivity index (χ1n) is 27.7. The zero-order chi connectivity index (χ0) is 56.0. The number of rotatable bonds is 21. The lowest BCUT2D eigenvalue weighted by Crippen LogP contribution is -2.67. The largest absolute Gasteiger partial charge is 0.497 e. The molecule has 0 saturated carbocycles. The highest BCUT2D eigenvalue weighted by atomic mass is 16.8. The zero-order valence-corrected chi connectivity index (χ0v) is 45.9. The van der Waals surface area contributed by atoms with E-state index in [2.05, 4.69) is 0 Å². The van der Waals surface area contributed by atoms with Crippen molar-refractivity contribution in [3.63, 3.8) is 0 Å². The lowest BCUT2D eigenvalue weighted by atomic mass is 9.95. The van der Waals surface area contributed by atoms with Crippen LogP contribution in [0, 0.1) is 10.1 Å². The Bertz CT molecular complexity index is 2780. The smallest absolute Gasteiger partial charge is 0.269 e. The van der Waals surface area contributed by atoms with E-state index in [1.54, 1.807) is 26.4 Å². The highest BCUT2D eigenvalue weighted by molar-refractivity contribution is 5.33. The first kappa shape index (κ1) is 57.3. The van der Waals surface area contributed by atoms with Crippen molar-refractivity contribution in [2.24, 2.45) is 0 Å². The van der Waals surface area contributed by atoms with Gasteiger partial charge in [0.25, 0.3) is 5.69 Å². The highest BCUT2D eigenvalue weighted by Crippen LogP contribution is 2.45. The number of nitro benzene ring substituents is 1. The number of benzene rings is 5. The van der Waals surface area contributed by atoms with Gasteiger partial charge >= 0.3 is 0 Å². The summed E-state index contributed by atoms with van der Waals surface area (Å²) in [5.74, 6) is 0.287. The lowest BCUT2D eigenvalue weighted by molar-refractivity contribution is -0.401. The Kier molecular flexibility index (Phi) is 18.4. The van der Waals surface area contributed by atoms with Crippen LogP contribution in [0.1, 0.15) is 74.0 Å². The van der Waals surface area contributed by atoms with Crippen molar-refractivity contribution in [1.82, 2.24) is 0 Å². The minimum absolute atomic E-state index is 0.0388. The van der Waals surface area contributed by atoms with Crippen LogP contribution in [0.4, 0.5) is 5.69 Å². The van der Waals surface area contributed by atoms with E-state index in [0.717, 1.165) is 40.0 Å². The molecule has 5 aromatic carbocycles. The molecule has 5 aromatic rings. The van der Waals surface area contributed by atoms with E-state index in [0.29, 0.717) is 18.6 Å². The molecule has 0 spiro atoms. The molecule has 6 heterocycles. The number of hydrogen-bond donors (Lipinski definition) is 1. The van der Waals surface area contributed by atoms with Crippen LogP contribution in [-0.2, 0) is 86.0 Å². The molecule has 20 nitrogen and oxygen atoms in total. The van der Waals surface area contributed by atoms with Crippen LogP contribution >= 0.6 is 0 Å². The highest BCUT2D eigenvalue weighted by Gasteiger charge is 2.61. The van der Waals surface area contributed by atoms with Crippen molar-refractivity contribution in [3.05, 3.63) is 171 Å². The summed E-state index contributed by atoms with van der Waals surface area (Å²) in [6.07, 6.45) is -13.1. The Morgan fingerprint density at radius 3 is 1.64 bits per heavy atom. The summed E-state index contributed by atoms with van der Waals surface area (Å²) in [5.41, 5.74) is 4.40. The molecule has 1 N–H and O–H groups in total. The maximum Gasteiger partial charge on any atom is 0.269 e. The van der Waals surface area contributed by atoms with Gasteiger partial charge < -0.3 is 80.9 Å². The maximum absolute atomic E-state index is 12.3. The predicted molar refractivity (Wildman–Crippen MR) is 286 cm³/mol. The van der Waals surface area contributed by atoms with Gasteiger partial charge in [0.1, 0.15) is 78.6 Å². The van der Waals surface area contributed by atoms with E-state index in [-0.39, 0.29) is 38.7 Å². The summed E-state index contributed by atoms with van der Waals surface area (Å²) < 4.78 is 105. The second-order valence-electron chi connectivity index (χ2n) is 21.4. The third-order valence-electron chi connectivity index (χ3n) is 15.4. The maximum atomic E-state index is 12.3. The standard InChI is InChI=1S/C61H71NO19/c1-36-48(76-59-54(70-33-39-23-29-44(67-5)30-24-39)52(69-32-38-21-27-43(66-4)28-22-38)50-46(75-59)35-72-57(78-50)41-17-10-7-11-18-41)53-55(81-61(2,3)80-53)60(73-36)79-51-47(63)58(68-31-13-12-14-37-19-25-42(26-20-37)62(64)65)74-45-34-71-56(77-49(45)51)40-15-8-6-9-16-40/h6-11,15-30,36,45-60,63H,12-14,31-35H2,1-5H3/t36-,45+,46+,47+,48-,49-,50+,51+,52-,53+,54-,55+,56-,57+,58+,59-,60-/m0/s1. The Balaban J connectivity index is 0.843. The Labute approximate surface area is 470 Å². The van der Waals surface area contributed by atoms with Gasteiger partial charge in [0.2, 0.25) is 0 Å². The number of unbranched alkanes of at least 4 members (excludes halogenated alkanes) is 1. The molecule has 6 aliphatic rings. The predicted octanol–water partition coefficient (Wildman–Crippen LogP) is 8.20. The van der Waals surface area contributed by atoms with Crippen molar-refractivity contribution in [1.29, 1.82) is 0 Å². The van der Waals surface area contributed by atoms with Gasteiger partial charge in [-0.05, 0) is 81.0 Å². The molecular formula is C61H71NO19. The van der Waals surface area contributed by atoms with Crippen LogP contribution in [0.25, 0.3) is 0 Å². The number of ether oxygens (including phenoxy) is 16. The summed E-state index contributed by atoms with van der Waals surface area (Å²) in [6, 6.07) is 41.0. The molecule has 20 heteroatoms. The van der Waals surface area contributed by atoms with E-state index in [9.17, 15) is 15.2 Å². The number of aryl methyl sites for hydroxylation is 1. The first-order valence-corrected chi connectivity index (χ1v) is 27.7. The minimum Gasteiger partial charge on any atom is -0.497 e. The number of hydrogen-bond acceptors (Lipinski definition) is 19. The third-order valence-corrected chi connectivity index (χ3v) is 15.4. The molecule has 0 unspecified atom stereocenters. The molecule has 11 rings (SSSR count). The van der Waals surface area contributed by atoms with Gasteiger partial charge in [0.15, 0.2) is 37.2 Å². The van der Waals surface area contributed by atoms with Crippen LogP contribution in [0.15, 0.2) is 133 Å². The summed E-state index contributed by atoms with van der Waals surface area (Å²) in [4.78, 5) is 10.7. The monoisotopic (exact) mass is 1120 g/mol. The molecule has 434 valence electrons. The van der Waals surface area contributed by atoms with E-state index in [1.807, 2.05) is 130 Å². The summed E-state index contributed by atoms with van der Waals surface area (Å²) in [6.45, 7) is 6.36. The molecule has 17 atom stereocenters. The quantitative estimate of drug-likeness (QED) is 0.0417. The van der Waals surface area contributed by atoms with Gasteiger partial charge in [-0.25, -0.2) is 0 Å². The summed E-state index contributed by atoms with van der Waals surface area (Å²) in [7, 11) is 3.25. The van der Waals surface area contributed by atoms with Crippen molar-refractivity contribution >= 4 is 5.69 Å². The van der Waals surface area contributed by atoms with Gasteiger partial charge in [-0.3, -0.25) is 10.1 Å². The number of nitrogens with zero attached hydrogens (tertiary/aromatic N) is 1. The van der Waals surface area contributed by atoms with Gasteiger partial charge in [0, 0.05) is 29.9 Å². The molecule has 0 aliphatic carbocycles. The summed E-state index contributed by atoms with van der Waals surface area (Å²) >= 11 is 0. The number of aliphatic hydroxyl groups excluding tert-OH is 1. The number of fused-ring (bicyclic) bond motifs is 3. The molecular weight excluding hydrogens is 1050 g/mol. The average molecular weight is 1120 g/mol. The fourth-order valence-corrected chi connectivity index (χ4v) is 11.2. The van der Waals surface area contributed by atoms with Crippen LogP contribution in [-0.4, -0.2) is 142 Å². The number of nitro groups is 1. The van der Waals surface area contributed by atoms with E-state index >= 15 is 0 Å². The Morgan fingerprint density at radius 2 is 1.07 bits per heavy atom. The second kappa shape index (κ2) is 26.0. The second-order valence-corrected chi connectivity index (χ2v) is 21.4. The SMILES string of the molecule is COc1ccc(CO[C@@H]2[C@H](OCc3ccc(OC)cc3)[C@H](O[C@@H]3[C@H]4OC(C)(C)O[C@H]4[C@H](O[C@@H]4[C@@H](O)[C@H](OCCCCc5ccc([N+](=O)[O-])cc5)O[C@@H]5CO[C@H](c6ccccc6)O[C@H]45)O[C@H]3C)O[C@@H]3CO[C@@H](c4ccccc4)O[C@@H]23)cc1. The van der Waals surface area contributed by atoms with Crippen molar-refractivity contribution < 1.29 is 85.8 Å². The molecule has 81 heavy (non-hydrogen) atoms. The molecule has 0 aromatic heterocycles. The third kappa shape index (κ3) is 13.5. The molecule has 0 amide bonds. The Hall–Kier alpha value is -5.50. The van der Waals surface area contributed by atoms with Crippen LogP contribution in [0.2, 0.25) is 0 Å². The van der Waals surface area contributed by atoms with Crippen LogP contribution < -0.4 is 9.47 Å². The molecule has 6 fully saturated rings. The van der Waals surface area contributed by atoms with E-state index < -0.39 is 115 Å². The first-order chi connectivity index (χ1) is 39.4. The van der Waals surface area contributed by atoms with E-state index in [4.69, 9.17) is 75.8 Å². The van der Waals surface area contributed by atoms with Gasteiger partial charge in [-0.1, -0.05) is 97.1 Å². The number of aliphatic hydroxyl groups is 1.